The molecule has 0 aliphatic carbocycles. The molecule has 0 bridgehead atoms. The molecule has 1 saturated heterocycles. The van der Waals surface area contributed by atoms with Gasteiger partial charge in [-0.3, -0.25) is 0 Å². The number of hydrogen-bond donors (Lipinski definition) is 2. The molecule has 2 N–H and O–H groups in total. The molecule has 0 radical (unpaired) electrons. The average Bonchev–Trinajstić information content (AvgIpc) is 3.21. The summed E-state index contributed by atoms with van der Waals surface area (Å²) >= 11 is 1.62. The Hall–Kier alpha value is -1.92. The Labute approximate surface area is 140 Å². The van der Waals surface area contributed by atoms with Crippen molar-refractivity contribution in [2.45, 2.75) is 19.9 Å². The van der Waals surface area contributed by atoms with E-state index >= 15 is 0 Å². The van der Waals surface area contributed by atoms with E-state index < -0.39 is 0 Å². The van der Waals surface area contributed by atoms with Gasteiger partial charge in [-0.2, -0.15) is 0 Å². The van der Waals surface area contributed by atoms with Crippen molar-refractivity contribution in [3.8, 4) is 10.6 Å². The van der Waals surface area contributed by atoms with Crippen molar-refractivity contribution in [2.24, 2.45) is 5.92 Å². The summed E-state index contributed by atoms with van der Waals surface area (Å²) in [7, 11) is 0. The fourth-order valence-corrected chi connectivity index (χ4v) is 3.51. The van der Waals surface area contributed by atoms with Gasteiger partial charge in [-0.1, -0.05) is 30.3 Å². The second-order valence-corrected chi connectivity index (χ2v) is 6.77. The van der Waals surface area contributed by atoms with Gasteiger partial charge in [-0.15, -0.1) is 11.3 Å². The van der Waals surface area contributed by atoms with Gasteiger partial charge in [0.25, 0.3) is 0 Å². The van der Waals surface area contributed by atoms with Gasteiger partial charge >= 0.3 is 6.03 Å². The van der Waals surface area contributed by atoms with Gasteiger partial charge in [-0.05, 0) is 13.3 Å². The predicted molar refractivity (Wildman–Crippen MR) is 91.5 cm³/mol. The van der Waals surface area contributed by atoms with E-state index in [4.69, 9.17) is 4.74 Å². The number of hydrogen-bond acceptors (Lipinski definition) is 4. The number of nitrogens with zero attached hydrogens (tertiary/aromatic N) is 1. The lowest BCUT2D eigenvalue weighted by molar-refractivity contribution is 0.185. The zero-order chi connectivity index (χ0) is 16.1. The minimum atomic E-state index is -0.133. The highest BCUT2D eigenvalue weighted by atomic mass is 32.1. The number of aryl methyl sites for hydroxylation is 1. The standard InChI is InChI=1S/C17H21N3O2S/c1-12-15(23-16(20-12)14-5-3-2-4-6-14)10-19-17(21)18-9-13-7-8-22-11-13/h2-6,13H,7-11H2,1H3,(H2,18,19,21). The minimum absolute atomic E-state index is 0.133. The first-order chi connectivity index (χ1) is 11.2. The molecule has 23 heavy (non-hydrogen) atoms. The van der Waals surface area contributed by atoms with E-state index in [2.05, 4.69) is 15.6 Å². The smallest absolute Gasteiger partial charge is 0.315 e. The monoisotopic (exact) mass is 331 g/mol. The third kappa shape index (κ3) is 4.30. The van der Waals surface area contributed by atoms with E-state index in [1.54, 1.807) is 11.3 Å². The Morgan fingerprint density at radius 3 is 2.91 bits per heavy atom. The average molecular weight is 331 g/mol. The summed E-state index contributed by atoms with van der Waals surface area (Å²) in [6.45, 7) is 4.70. The molecule has 122 valence electrons. The molecule has 3 rings (SSSR count). The normalized spacial score (nSPS) is 17.2. The van der Waals surface area contributed by atoms with Crippen LogP contribution in [0.5, 0.6) is 0 Å². The molecule has 2 aromatic rings. The maximum atomic E-state index is 11.9. The second kappa shape index (κ2) is 7.57. The van der Waals surface area contributed by atoms with Crippen molar-refractivity contribution in [1.82, 2.24) is 15.6 Å². The van der Waals surface area contributed by atoms with Crippen LogP contribution in [0.15, 0.2) is 30.3 Å². The molecule has 2 heterocycles. The van der Waals surface area contributed by atoms with E-state index in [1.807, 2.05) is 37.3 Å². The summed E-state index contributed by atoms with van der Waals surface area (Å²) in [5.74, 6) is 0.440. The number of urea groups is 1. The van der Waals surface area contributed by atoms with E-state index in [0.717, 1.165) is 40.8 Å². The highest BCUT2D eigenvalue weighted by molar-refractivity contribution is 7.15. The lowest BCUT2D eigenvalue weighted by Gasteiger charge is -2.10. The first kappa shape index (κ1) is 16.0. The highest BCUT2D eigenvalue weighted by Gasteiger charge is 2.16. The van der Waals surface area contributed by atoms with E-state index in [1.165, 1.54) is 0 Å². The number of thiazole rings is 1. The number of amides is 2. The van der Waals surface area contributed by atoms with Crippen LogP contribution < -0.4 is 10.6 Å². The third-order valence-electron chi connectivity index (χ3n) is 3.90. The summed E-state index contributed by atoms with van der Waals surface area (Å²) < 4.78 is 5.30. The lowest BCUT2D eigenvalue weighted by atomic mass is 10.1. The molecule has 2 amide bonds. The molecule has 1 aliphatic heterocycles. The number of rotatable bonds is 5. The van der Waals surface area contributed by atoms with Crippen LogP contribution in [0.2, 0.25) is 0 Å². The molecule has 1 unspecified atom stereocenters. The quantitative estimate of drug-likeness (QED) is 0.885. The maximum Gasteiger partial charge on any atom is 0.315 e. The first-order valence-corrected chi connectivity index (χ1v) is 8.65. The number of ether oxygens (including phenoxy) is 1. The topological polar surface area (TPSA) is 63.2 Å². The summed E-state index contributed by atoms with van der Waals surface area (Å²) in [4.78, 5) is 17.6. The number of carbonyl (C=O) groups is 1. The van der Waals surface area contributed by atoms with E-state index in [0.29, 0.717) is 19.0 Å². The molecule has 0 saturated carbocycles. The van der Waals surface area contributed by atoms with Crippen LogP contribution in [0.4, 0.5) is 4.79 Å². The Kier molecular flexibility index (Phi) is 5.25. The Morgan fingerprint density at radius 1 is 1.35 bits per heavy atom. The van der Waals surface area contributed by atoms with E-state index in [9.17, 15) is 4.79 Å². The lowest BCUT2D eigenvalue weighted by Crippen LogP contribution is -2.38. The summed E-state index contributed by atoms with van der Waals surface area (Å²) in [5, 5.41) is 6.80. The van der Waals surface area contributed by atoms with E-state index in [-0.39, 0.29) is 6.03 Å². The van der Waals surface area contributed by atoms with Gasteiger partial charge < -0.3 is 15.4 Å². The fraction of sp³-hybridized carbons (Fsp3) is 0.412. The fourth-order valence-electron chi connectivity index (χ4n) is 2.50. The van der Waals surface area contributed by atoms with Crippen LogP contribution >= 0.6 is 11.3 Å². The summed E-state index contributed by atoms with van der Waals surface area (Å²) in [6.07, 6.45) is 1.02. The molecule has 6 heteroatoms. The molecule has 0 spiro atoms. The summed E-state index contributed by atoms with van der Waals surface area (Å²) in [6, 6.07) is 9.96. The van der Waals surface area contributed by atoms with Gasteiger partial charge in [0.05, 0.1) is 18.8 Å². The molecule has 1 aliphatic rings. The van der Waals surface area contributed by atoms with Gasteiger partial charge in [-0.25, -0.2) is 9.78 Å². The van der Waals surface area contributed by atoms with Gasteiger partial charge in [0, 0.05) is 29.5 Å². The Bertz CT molecular complexity index is 651. The molecule has 1 aromatic heterocycles. The molecule has 5 nitrogen and oxygen atoms in total. The molecular weight excluding hydrogens is 310 g/mol. The number of benzene rings is 1. The Morgan fingerprint density at radius 2 is 2.17 bits per heavy atom. The van der Waals surface area contributed by atoms with Crippen LogP contribution in [0.1, 0.15) is 17.0 Å². The SMILES string of the molecule is Cc1nc(-c2ccccc2)sc1CNC(=O)NCC1CCOC1. The molecule has 1 fully saturated rings. The van der Waals surface area contributed by atoms with Crippen LogP contribution in [-0.2, 0) is 11.3 Å². The first-order valence-electron chi connectivity index (χ1n) is 7.83. The van der Waals surface area contributed by atoms with Crippen molar-refractivity contribution in [1.29, 1.82) is 0 Å². The van der Waals surface area contributed by atoms with Crippen molar-refractivity contribution in [3.63, 3.8) is 0 Å². The van der Waals surface area contributed by atoms with Crippen molar-refractivity contribution >= 4 is 17.4 Å². The van der Waals surface area contributed by atoms with Gasteiger partial charge in [0.1, 0.15) is 5.01 Å². The van der Waals surface area contributed by atoms with Crippen molar-refractivity contribution in [2.75, 3.05) is 19.8 Å². The largest absolute Gasteiger partial charge is 0.381 e. The van der Waals surface area contributed by atoms with Crippen molar-refractivity contribution < 1.29 is 9.53 Å². The third-order valence-corrected chi connectivity index (χ3v) is 5.10. The minimum Gasteiger partial charge on any atom is -0.381 e. The zero-order valence-corrected chi connectivity index (χ0v) is 14.0. The molecule has 1 atom stereocenters. The second-order valence-electron chi connectivity index (χ2n) is 5.69. The van der Waals surface area contributed by atoms with Crippen LogP contribution in [0, 0.1) is 12.8 Å². The molecular formula is C17H21N3O2S. The van der Waals surface area contributed by atoms with Gasteiger partial charge in [0.2, 0.25) is 0 Å². The number of aromatic nitrogens is 1. The van der Waals surface area contributed by atoms with Gasteiger partial charge in [0.15, 0.2) is 0 Å². The van der Waals surface area contributed by atoms with Crippen LogP contribution in [0.25, 0.3) is 10.6 Å². The van der Waals surface area contributed by atoms with Crippen LogP contribution in [0.3, 0.4) is 0 Å². The predicted octanol–water partition coefficient (Wildman–Crippen LogP) is 2.95. The molecule has 1 aromatic carbocycles. The zero-order valence-electron chi connectivity index (χ0n) is 13.2. The maximum absolute atomic E-state index is 11.9. The number of nitrogens with one attached hydrogen (secondary N) is 2. The van der Waals surface area contributed by atoms with Crippen molar-refractivity contribution in [3.05, 3.63) is 40.9 Å². The highest BCUT2D eigenvalue weighted by Crippen LogP contribution is 2.27. The van der Waals surface area contributed by atoms with Crippen LogP contribution in [-0.4, -0.2) is 30.8 Å². The summed E-state index contributed by atoms with van der Waals surface area (Å²) in [5.41, 5.74) is 2.08. The number of carbonyl (C=O) groups excluding carboxylic acids is 1. The Balaban J connectivity index is 1.52.